The number of nitrogens with zero attached hydrogens (tertiary/aromatic N) is 1. The molecule has 0 aliphatic rings. The Balaban J connectivity index is 1.96. The van der Waals surface area contributed by atoms with Crippen molar-refractivity contribution in [1.29, 1.82) is 0 Å². The van der Waals surface area contributed by atoms with Gasteiger partial charge in [0.15, 0.2) is 5.78 Å². The van der Waals surface area contributed by atoms with Crippen LogP contribution in [0.2, 0.25) is 0 Å². The van der Waals surface area contributed by atoms with Gasteiger partial charge in [0.25, 0.3) is 0 Å². The molecule has 0 bridgehead atoms. The second kappa shape index (κ2) is 10.3. The van der Waals surface area contributed by atoms with Crippen LogP contribution in [0, 0.1) is 0 Å². The Bertz CT molecular complexity index is 936. The van der Waals surface area contributed by atoms with Gasteiger partial charge in [-0.3, -0.25) is 9.59 Å². The number of Topliss-reactive ketones (excluding diaryl/α,β-unsaturated/α-hetero) is 1. The molecule has 2 aromatic carbocycles. The van der Waals surface area contributed by atoms with Crippen LogP contribution < -0.4 is 5.32 Å². The number of amides is 1. The zero-order chi connectivity index (χ0) is 21.4. The fraction of sp³-hybridized carbons (Fsp3) is 0.364. The maximum Gasteiger partial charge on any atom is 0.243 e. The number of carbonyl (C=O) groups is 2. The molecule has 0 atom stereocenters. The minimum Gasteiger partial charge on any atom is -0.325 e. The van der Waals surface area contributed by atoms with Crippen molar-refractivity contribution >= 4 is 27.4 Å². The average molecular weight is 417 g/mol. The van der Waals surface area contributed by atoms with E-state index in [9.17, 15) is 18.0 Å². The second-order valence-electron chi connectivity index (χ2n) is 7.04. The molecule has 2 aromatic rings. The van der Waals surface area contributed by atoms with Crippen molar-refractivity contribution in [2.45, 2.75) is 44.4 Å². The zero-order valence-corrected chi connectivity index (χ0v) is 18.0. The summed E-state index contributed by atoms with van der Waals surface area (Å²) in [5, 5.41) is 2.73. The third kappa shape index (κ3) is 6.51. The van der Waals surface area contributed by atoms with Gasteiger partial charge in [-0.05, 0) is 49.6 Å². The van der Waals surface area contributed by atoms with E-state index in [1.54, 1.807) is 0 Å². The van der Waals surface area contributed by atoms with Gasteiger partial charge < -0.3 is 5.32 Å². The summed E-state index contributed by atoms with van der Waals surface area (Å²) in [4.78, 5) is 23.6. The third-order valence-corrected chi connectivity index (χ3v) is 6.46. The number of hydrogen-bond acceptors (Lipinski definition) is 4. The molecule has 0 aliphatic carbocycles. The molecule has 29 heavy (non-hydrogen) atoms. The molecule has 0 radical (unpaired) electrons. The number of carbonyl (C=O) groups excluding carboxylic acids is 2. The first-order chi connectivity index (χ1) is 13.7. The Labute approximate surface area is 173 Å². The van der Waals surface area contributed by atoms with E-state index < -0.39 is 15.9 Å². The highest BCUT2D eigenvalue weighted by Gasteiger charge is 2.23. The van der Waals surface area contributed by atoms with Crippen LogP contribution in [0.4, 0.5) is 5.69 Å². The monoisotopic (exact) mass is 416 g/mol. The van der Waals surface area contributed by atoms with Gasteiger partial charge in [-0.1, -0.05) is 44.0 Å². The third-order valence-electron chi connectivity index (χ3n) is 4.64. The number of rotatable bonds is 10. The van der Waals surface area contributed by atoms with Crippen molar-refractivity contribution < 1.29 is 18.0 Å². The summed E-state index contributed by atoms with van der Waals surface area (Å²) < 4.78 is 26.3. The second-order valence-corrected chi connectivity index (χ2v) is 9.09. The van der Waals surface area contributed by atoms with Crippen LogP contribution in [0.3, 0.4) is 0 Å². The minimum absolute atomic E-state index is 0.0363. The summed E-state index contributed by atoms with van der Waals surface area (Å²) in [6.45, 7) is 3.27. The molecule has 1 amide bonds. The van der Waals surface area contributed by atoms with Gasteiger partial charge in [0.2, 0.25) is 15.9 Å². The minimum atomic E-state index is -3.83. The molecule has 0 fully saturated rings. The van der Waals surface area contributed by atoms with Gasteiger partial charge in [-0.2, -0.15) is 4.31 Å². The molecule has 7 heteroatoms. The van der Waals surface area contributed by atoms with Gasteiger partial charge in [0.05, 0.1) is 11.4 Å². The summed E-state index contributed by atoms with van der Waals surface area (Å²) in [6.07, 6.45) is 4.51. The van der Waals surface area contributed by atoms with Crippen LogP contribution in [0.5, 0.6) is 0 Å². The lowest BCUT2D eigenvalue weighted by molar-refractivity contribution is -0.116. The summed E-state index contributed by atoms with van der Waals surface area (Å²) in [5.41, 5.74) is 2.28. The Hall–Kier alpha value is -2.51. The maximum atomic E-state index is 12.6. The SMILES string of the molecule is CCCCCc1ccc(NC(=O)CN(C)S(=O)(=O)c2ccc(C(C)=O)cc2)cc1. The number of hydrogen-bond donors (Lipinski definition) is 1. The normalized spacial score (nSPS) is 11.4. The number of aryl methyl sites for hydroxylation is 1. The molecule has 6 nitrogen and oxygen atoms in total. The highest BCUT2D eigenvalue weighted by Crippen LogP contribution is 2.16. The molecular weight excluding hydrogens is 388 g/mol. The number of ketones is 1. The summed E-state index contributed by atoms with van der Waals surface area (Å²) >= 11 is 0. The average Bonchev–Trinajstić information content (AvgIpc) is 2.69. The van der Waals surface area contributed by atoms with E-state index in [1.165, 1.54) is 56.6 Å². The molecule has 0 saturated heterocycles. The highest BCUT2D eigenvalue weighted by molar-refractivity contribution is 7.89. The number of likely N-dealkylation sites (N-methyl/N-ethyl adjacent to an activating group) is 1. The van der Waals surface area contributed by atoms with Gasteiger partial charge in [0, 0.05) is 18.3 Å². The van der Waals surface area contributed by atoms with Crippen molar-refractivity contribution in [3.8, 4) is 0 Å². The molecule has 0 spiro atoms. The van der Waals surface area contributed by atoms with E-state index in [2.05, 4.69) is 12.2 Å². The Kier molecular flexibility index (Phi) is 8.10. The van der Waals surface area contributed by atoms with Crippen molar-refractivity contribution in [2.24, 2.45) is 0 Å². The molecule has 0 unspecified atom stereocenters. The standard InChI is InChI=1S/C22H28N2O4S/c1-4-5-6-7-18-8-12-20(13-9-18)23-22(26)16-24(3)29(27,28)21-14-10-19(11-15-21)17(2)25/h8-15H,4-7,16H2,1-3H3,(H,23,26). The fourth-order valence-electron chi connectivity index (χ4n) is 2.86. The number of nitrogens with one attached hydrogen (secondary N) is 1. The first-order valence-corrected chi connectivity index (χ1v) is 11.1. The molecular formula is C22H28N2O4S. The predicted octanol–water partition coefficient (Wildman–Crippen LogP) is 3.88. The first-order valence-electron chi connectivity index (χ1n) is 9.70. The van der Waals surface area contributed by atoms with E-state index in [-0.39, 0.29) is 17.2 Å². The van der Waals surface area contributed by atoms with Crippen molar-refractivity contribution in [3.05, 3.63) is 59.7 Å². The van der Waals surface area contributed by atoms with Gasteiger partial charge in [0.1, 0.15) is 0 Å². The van der Waals surface area contributed by atoms with E-state index in [0.29, 0.717) is 11.3 Å². The molecule has 2 rings (SSSR count). The molecule has 1 N–H and O–H groups in total. The van der Waals surface area contributed by atoms with Crippen LogP contribution >= 0.6 is 0 Å². The van der Waals surface area contributed by atoms with Crippen LogP contribution in [-0.4, -0.2) is 38.0 Å². The van der Waals surface area contributed by atoms with E-state index in [4.69, 9.17) is 0 Å². The van der Waals surface area contributed by atoms with Gasteiger partial charge in [-0.15, -0.1) is 0 Å². The molecule has 0 aromatic heterocycles. The lowest BCUT2D eigenvalue weighted by Crippen LogP contribution is -2.35. The van der Waals surface area contributed by atoms with E-state index in [0.717, 1.165) is 17.1 Å². The van der Waals surface area contributed by atoms with E-state index in [1.807, 2.05) is 24.3 Å². The number of unbranched alkanes of at least 4 members (excludes halogenated alkanes) is 2. The van der Waals surface area contributed by atoms with Gasteiger partial charge in [-0.25, -0.2) is 8.42 Å². The Morgan fingerprint density at radius 2 is 1.59 bits per heavy atom. The quantitative estimate of drug-likeness (QED) is 0.471. The van der Waals surface area contributed by atoms with Crippen molar-refractivity contribution in [3.63, 3.8) is 0 Å². The molecule has 0 heterocycles. The van der Waals surface area contributed by atoms with Crippen LogP contribution in [0.15, 0.2) is 53.4 Å². The van der Waals surface area contributed by atoms with Crippen LogP contribution in [0.25, 0.3) is 0 Å². The van der Waals surface area contributed by atoms with Crippen molar-refractivity contribution in [1.82, 2.24) is 4.31 Å². The molecule has 0 aliphatic heterocycles. The van der Waals surface area contributed by atoms with E-state index >= 15 is 0 Å². The van der Waals surface area contributed by atoms with Crippen molar-refractivity contribution in [2.75, 3.05) is 18.9 Å². The first kappa shape index (κ1) is 22.8. The Morgan fingerprint density at radius 1 is 0.966 bits per heavy atom. The van der Waals surface area contributed by atoms with Crippen LogP contribution in [-0.2, 0) is 21.2 Å². The number of anilines is 1. The largest absolute Gasteiger partial charge is 0.325 e. The lowest BCUT2D eigenvalue weighted by atomic mass is 10.1. The topological polar surface area (TPSA) is 83.6 Å². The van der Waals surface area contributed by atoms with Crippen LogP contribution in [0.1, 0.15) is 49.0 Å². The number of sulfonamides is 1. The highest BCUT2D eigenvalue weighted by atomic mass is 32.2. The lowest BCUT2D eigenvalue weighted by Gasteiger charge is -2.17. The summed E-state index contributed by atoms with van der Waals surface area (Å²) in [5.74, 6) is -0.562. The Morgan fingerprint density at radius 3 is 2.14 bits per heavy atom. The number of benzene rings is 2. The summed E-state index contributed by atoms with van der Waals surface area (Å²) in [6, 6.07) is 13.3. The molecule has 156 valence electrons. The van der Waals surface area contributed by atoms with Gasteiger partial charge >= 0.3 is 0 Å². The molecule has 0 saturated carbocycles. The smallest absolute Gasteiger partial charge is 0.243 e. The summed E-state index contributed by atoms with van der Waals surface area (Å²) in [7, 11) is -2.48. The zero-order valence-electron chi connectivity index (χ0n) is 17.1. The predicted molar refractivity (Wildman–Crippen MR) is 115 cm³/mol. The maximum absolute atomic E-state index is 12.6. The fourth-order valence-corrected chi connectivity index (χ4v) is 3.99.